The number of benzene rings is 1. The number of para-hydroxylation sites is 1. The van der Waals surface area contributed by atoms with Crippen LogP contribution < -0.4 is 4.74 Å². The molecule has 16 heavy (non-hydrogen) atoms. The molecule has 0 saturated carbocycles. The number of ether oxygens (including phenoxy) is 2. The van der Waals surface area contributed by atoms with Gasteiger partial charge < -0.3 is 9.47 Å². The molecule has 0 aliphatic heterocycles. The highest BCUT2D eigenvalue weighted by atomic mass is 16.5. The minimum Gasteiger partial charge on any atom is -0.490 e. The van der Waals surface area contributed by atoms with Crippen molar-refractivity contribution in [3.63, 3.8) is 0 Å². The van der Waals surface area contributed by atoms with E-state index >= 15 is 0 Å². The fraction of sp³-hybridized carbons (Fsp3) is 0.462. The number of Topliss-reactive ketones (excluding diaryl/α,β-unsaturated/α-hetero) is 1. The molecule has 0 radical (unpaired) electrons. The minimum atomic E-state index is 0.0186. The highest BCUT2D eigenvalue weighted by Gasteiger charge is 2.06. The van der Waals surface area contributed by atoms with Gasteiger partial charge in [0.25, 0.3) is 0 Å². The molecule has 0 N–H and O–H groups in total. The molecular weight excluding hydrogens is 204 g/mol. The normalized spacial score (nSPS) is 10.1. The maximum Gasteiger partial charge on any atom is 0.163 e. The summed E-state index contributed by atoms with van der Waals surface area (Å²) in [7, 11) is 0. The van der Waals surface area contributed by atoms with Gasteiger partial charge in [-0.3, -0.25) is 4.79 Å². The van der Waals surface area contributed by atoms with E-state index in [1.165, 1.54) is 6.92 Å². The van der Waals surface area contributed by atoms with Gasteiger partial charge in [-0.05, 0) is 25.5 Å². The van der Waals surface area contributed by atoms with E-state index in [1.807, 2.05) is 12.1 Å². The first-order valence-corrected chi connectivity index (χ1v) is 5.56. The van der Waals surface area contributed by atoms with Crippen molar-refractivity contribution < 1.29 is 14.3 Å². The highest BCUT2D eigenvalue weighted by molar-refractivity contribution is 5.96. The van der Waals surface area contributed by atoms with E-state index in [-0.39, 0.29) is 5.78 Å². The Morgan fingerprint density at radius 3 is 2.62 bits per heavy atom. The van der Waals surface area contributed by atoms with Gasteiger partial charge in [-0.25, -0.2) is 0 Å². The Labute approximate surface area is 96.4 Å². The van der Waals surface area contributed by atoms with Crippen LogP contribution in [-0.2, 0) is 4.74 Å². The molecule has 0 aliphatic carbocycles. The molecule has 1 aromatic carbocycles. The summed E-state index contributed by atoms with van der Waals surface area (Å²) in [5.74, 6) is 0.653. The molecular formula is C13H18O3. The summed E-state index contributed by atoms with van der Waals surface area (Å²) in [4.78, 5) is 11.3. The molecule has 0 saturated heterocycles. The fourth-order valence-corrected chi connectivity index (χ4v) is 1.34. The van der Waals surface area contributed by atoms with E-state index in [9.17, 15) is 4.79 Å². The van der Waals surface area contributed by atoms with Gasteiger partial charge in [0.15, 0.2) is 5.78 Å². The first-order chi connectivity index (χ1) is 7.75. The maximum atomic E-state index is 11.3. The molecule has 0 heterocycles. The second-order valence-corrected chi connectivity index (χ2v) is 3.51. The molecule has 0 spiro atoms. The topological polar surface area (TPSA) is 35.5 Å². The van der Waals surface area contributed by atoms with Crippen molar-refractivity contribution in [1.82, 2.24) is 0 Å². The van der Waals surface area contributed by atoms with Crippen LogP contribution in [0, 0.1) is 0 Å². The lowest BCUT2D eigenvalue weighted by atomic mass is 10.1. The second kappa shape index (κ2) is 7.01. The number of rotatable bonds is 7. The Balaban J connectivity index is 2.44. The van der Waals surface area contributed by atoms with Gasteiger partial charge in [0, 0.05) is 6.61 Å². The number of hydrogen-bond donors (Lipinski definition) is 0. The Bertz CT molecular complexity index is 334. The van der Waals surface area contributed by atoms with Crippen LogP contribution in [0.3, 0.4) is 0 Å². The van der Waals surface area contributed by atoms with Gasteiger partial charge in [0.1, 0.15) is 12.4 Å². The van der Waals surface area contributed by atoms with E-state index in [1.54, 1.807) is 12.1 Å². The number of ketones is 1. The zero-order valence-electron chi connectivity index (χ0n) is 9.86. The largest absolute Gasteiger partial charge is 0.490 e. The summed E-state index contributed by atoms with van der Waals surface area (Å²) in [5.41, 5.74) is 0.623. The standard InChI is InChI=1S/C13H18O3/c1-3-8-15-9-10-16-13-7-5-4-6-12(13)11(2)14/h4-7H,3,8-10H2,1-2H3. The molecule has 0 amide bonds. The minimum absolute atomic E-state index is 0.0186. The smallest absolute Gasteiger partial charge is 0.163 e. The number of hydrogen-bond acceptors (Lipinski definition) is 3. The predicted molar refractivity (Wildman–Crippen MR) is 63.1 cm³/mol. The average Bonchev–Trinajstić information content (AvgIpc) is 2.29. The zero-order valence-corrected chi connectivity index (χ0v) is 9.86. The quantitative estimate of drug-likeness (QED) is 0.525. The van der Waals surface area contributed by atoms with Crippen LogP contribution in [0.1, 0.15) is 30.6 Å². The van der Waals surface area contributed by atoms with Gasteiger partial charge >= 0.3 is 0 Å². The monoisotopic (exact) mass is 222 g/mol. The first kappa shape index (κ1) is 12.7. The first-order valence-electron chi connectivity index (χ1n) is 5.56. The lowest BCUT2D eigenvalue weighted by molar-refractivity contribution is 0.0963. The molecule has 0 bridgehead atoms. The van der Waals surface area contributed by atoms with Gasteiger partial charge in [-0.2, -0.15) is 0 Å². The fourth-order valence-electron chi connectivity index (χ4n) is 1.34. The summed E-state index contributed by atoms with van der Waals surface area (Å²) in [6.07, 6.45) is 1.00. The summed E-state index contributed by atoms with van der Waals surface area (Å²) < 4.78 is 10.8. The third-order valence-corrected chi connectivity index (χ3v) is 2.10. The van der Waals surface area contributed by atoms with Crippen molar-refractivity contribution in [3.8, 4) is 5.75 Å². The van der Waals surface area contributed by atoms with Crippen molar-refractivity contribution in [2.24, 2.45) is 0 Å². The SMILES string of the molecule is CCCOCCOc1ccccc1C(C)=O. The third kappa shape index (κ3) is 4.03. The average molecular weight is 222 g/mol. The second-order valence-electron chi connectivity index (χ2n) is 3.51. The Hall–Kier alpha value is -1.35. The molecule has 0 aliphatic rings. The van der Waals surface area contributed by atoms with Crippen molar-refractivity contribution in [2.45, 2.75) is 20.3 Å². The number of carbonyl (C=O) groups excluding carboxylic acids is 1. The Morgan fingerprint density at radius 2 is 1.94 bits per heavy atom. The van der Waals surface area contributed by atoms with Crippen LogP contribution in [0.2, 0.25) is 0 Å². The molecule has 88 valence electrons. The maximum absolute atomic E-state index is 11.3. The molecule has 0 atom stereocenters. The predicted octanol–water partition coefficient (Wildman–Crippen LogP) is 2.69. The Morgan fingerprint density at radius 1 is 1.19 bits per heavy atom. The molecule has 1 rings (SSSR count). The van der Waals surface area contributed by atoms with Crippen molar-refractivity contribution in [3.05, 3.63) is 29.8 Å². The third-order valence-electron chi connectivity index (χ3n) is 2.10. The molecule has 1 aromatic rings. The van der Waals surface area contributed by atoms with E-state index < -0.39 is 0 Å². The van der Waals surface area contributed by atoms with E-state index in [0.29, 0.717) is 24.5 Å². The van der Waals surface area contributed by atoms with Crippen LogP contribution in [0.5, 0.6) is 5.75 Å². The van der Waals surface area contributed by atoms with Gasteiger partial charge in [0.05, 0.1) is 12.2 Å². The molecule has 3 heteroatoms. The summed E-state index contributed by atoms with van der Waals surface area (Å²) in [5, 5.41) is 0. The van der Waals surface area contributed by atoms with Crippen LogP contribution in [-0.4, -0.2) is 25.6 Å². The Kier molecular flexibility index (Phi) is 5.57. The summed E-state index contributed by atoms with van der Waals surface area (Å²) in [6.45, 7) is 5.38. The highest BCUT2D eigenvalue weighted by Crippen LogP contribution is 2.17. The van der Waals surface area contributed by atoms with Crippen molar-refractivity contribution >= 4 is 5.78 Å². The lowest BCUT2D eigenvalue weighted by Gasteiger charge is -2.09. The van der Waals surface area contributed by atoms with Crippen molar-refractivity contribution in [1.29, 1.82) is 0 Å². The zero-order chi connectivity index (χ0) is 11.8. The van der Waals surface area contributed by atoms with Gasteiger partial charge in [-0.1, -0.05) is 19.1 Å². The van der Waals surface area contributed by atoms with Crippen LogP contribution in [0.15, 0.2) is 24.3 Å². The van der Waals surface area contributed by atoms with Gasteiger partial charge in [-0.15, -0.1) is 0 Å². The molecule has 0 aromatic heterocycles. The van der Waals surface area contributed by atoms with Crippen LogP contribution >= 0.6 is 0 Å². The number of carbonyl (C=O) groups is 1. The molecule has 0 fully saturated rings. The van der Waals surface area contributed by atoms with Crippen LogP contribution in [0.4, 0.5) is 0 Å². The van der Waals surface area contributed by atoms with Crippen molar-refractivity contribution in [2.75, 3.05) is 19.8 Å². The van der Waals surface area contributed by atoms with Gasteiger partial charge in [0.2, 0.25) is 0 Å². The van der Waals surface area contributed by atoms with E-state index in [2.05, 4.69) is 6.92 Å². The molecule has 0 unspecified atom stereocenters. The van der Waals surface area contributed by atoms with Crippen LogP contribution in [0.25, 0.3) is 0 Å². The summed E-state index contributed by atoms with van der Waals surface area (Å²) >= 11 is 0. The molecule has 3 nitrogen and oxygen atoms in total. The van der Waals surface area contributed by atoms with E-state index in [4.69, 9.17) is 9.47 Å². The van der Waals surface area contributed by atoms with E-state index in [0.717, 1.165) is 13.0 Å². The lowest BCUT2D eigenvalue weighted by Crippen LogP contribution is -2.09. The summed E-state index contributed by atoms with van der Waals surface area (Å²) in [6, 6.07) is 7.26.